The zero-order chi connectivity index (χ0) is 16.7. The molecule has 24 heavy (non-hydrogen) atoms. The Kier molecular flexibility index (Phi) is 4.22. The molecule has 2 aromatic rings. The molecule has 1 amide bonds. The molecule has 2 bridgehead atoms. The first-order valence-corrected chi connectivity index (χ1v) is 9.41. The lowest BCUT2D eigenvalue weighted by Crippen LogP contribution is -2.62. The van der Waals surface area contributed by atoms with Crippen LogP contribution in [0.1, 0.15) is 30.3 Å². The normalized spacial score (nSPS) is 28.8. The highest BCUT2D eigenvalue weighted by Crippen LogP contribution is 2.32. The lowest BCUT2D eigenvalue weighted by Gasteiger charge is -2.49. The number of carbonyl (C=O) groups excluding carboxylic acids is 1. The molecule has 3 fully saturated rings. The Bertz CT molecular complexity index is 747. The molecule has 126 valence electrons. The fraction of sp³-hybridized carbons (Fsp3) is 0.421. The summed E-state index contributed by atoms with van der Waals surface area (Å²) in [7, 11) is 0. The van der Waals surface area contributed by atoms with Crippen LogP contribution in [-0.4, -0.2) is 41.0 Å². The first kappa shape index (κ1) is 15.9. The van der Waals surface area contributed by atoms with E-state index >= 15 is 0 Å². The number of aromatic amines is 1. The molecule has 0 aliphatic carbocycles. The lowest BCUT2D eigenvalue weighted by atomic mass is 9.79. The van der Waals surface area contributed by atoms with Gasteiger partial charge in [0.2, 0.25) is 0 Å². The van der Waals surface area contributed by atoms with Gasteiger partial charge in [0.15, 0.2) is 0 Å². The molecular weight excluding hydrogens is 366 g/mol. The summed E-state index contributed by atoms with van der Waals surface area (Å²) < 4.78 is 1.02. The largest absolute Gasteiger partial charge is 0.351 e. The minimum atomic E-state index is -0.00102. The van der Waals surface area contributed by atoms with Crippen LogP contribution in [0.25, 0.3) is 11.3 Å². The number of H-pyrrole nitrogens is 1. The molecule has 0 unspecified atom stereocenters. The molecule has 4 heterocycles. The maximum absolute atomic E-state index is 12.7. The minimum Gasteiger partial charge on any atom is -0.351 e. The van der Waals surface area contributed by atoms with Crippen molar-refractivity contribution in [2.24, 2.45) is 5.92 Å². The van der Waals surface area contributed by atoms with E-state index < -0.39 is 0 Å². The molecule has 0 radical (unpaired) electrons. The van der Waals surface area contributed by atoms with Crippen molar-refractivity contribution in [1.82, 2.24) is 15.2 Å². The summed E-state index contributed by atoms with van der Waals surface area (Å²) in [5.74, 6) is 0.616. The van der Waals surface area contributed by atoms with Crippen molar-refractivity contribution in [3.8, 4) is 11.3 Å². The zero-order valence-corrected chi connectivity index (χ0v) is 15.3. The van der Waals surface area contributed by atoms with Gasteiger partial charge in [-0.15, -0.1) is 0 Å². The van der Waals surface area contributed by atoms with E-state index in [4.69, 9.17) is 0 Å². The second-order valence-corrected chi connectivity index (χ2v) is 7.73. The van der Waals surface area contributed by atoms with Crippen molar-refractivity contribution in [2.75, 3.05) is 13.1 Å². The molecular formula is C19H22BrN3O. The first-order chi connectivity index (χ1) is 11.6. The van der Waals surface area contributed by atoms with E-state index in [0.29, 0.717) is 17.7 Å². The number of nitrogens with zero attached hydrogens (tertiary/aromatic N) is 1. The molecule has 0 spiro atoms. The van der Waals surface area contributed by atoms with Crippen LogP contribution in [0.4, 0.5) is 0 Å². The van der Waals surface area contributed by atoms with E-state index in [9.17, 15) is 4.79 Å². The monoisotopic (exact) mass is 387 g/mol. The summed E-state index contributed by atoms with van der Waals surface area (Å²) in [6, 6.07) is 12.5. The molecule has 2 atom stereocenters. The van der Waals surface area contributed by atoms with Gasteiger partial charge in [-0.25, -0.2) is 0 Å². The van der Waals surface area contributed by atoms with Crippen molar-refractivity contribution in [2.45, 2.75) is 31.8 Å². The quantitative estimate of drug-likeness (QED) is 0.843. The summed E-state index contributed by atoms with van der Waals surface area (Å²) in [5, 5.41) is 3.27. The first-order valence-electron chi connectivity index (χ1n) is 8.62. The maximum atomic E-state index is 12.7. The number of amides is 1. The second-order valence-electron chi connectivity index (χ2n) is 6.88. The number of carbonyl (C=O) groups is 1. The fourth-order valence-electron chi connectivity index (χ4n) is 4.14. The van der Waals surface area contributed by atoms with Crippen molar-refractivity contribution < 1.29 is 4.79 Å². The molecule has 1 aromatic carbocycles. The molecule has 5 heteroatoms. The Hall–Kier alpha value is -1.59. The summed E-state index contributed by atoms with van der Waals surface area (Å²) in [6.45, 7) is 4.58. The van der Waals surface area contributed by atoms with E-state index in [-0.39, 0.29) is 11.9 Å². The summed E-state index contributed by atoms with van der Waals surface area (Å²) >= 11 is 3.56. The van der Waals surface area contributed by atoms with Crippen LogP contribution < -0.4 is 5.32 Å². The Labute approximate surface area is 150 Å². The number of aromatic nitrogens is 1. The number of rotatable bonds is 3. The third-order valence-corrected chi connectivity index (χ3v) is 6.26. The van der Waals surface area contributed by atoms with Gasteiger partial charge >= 0.3 is 0 Å². The number of hydrogen-bond donors (Lipinski definition) is 2. The molecule has 3 aliphatic heterocycles. The fourth-order valence-corrected chi connectivity index (χ4v) is 4.64. The van der Waals surface area contributed by atoms with E-state index in [1.165, 1.54) is 25.9 Å². The maximum Gasteiger partial charge on any atom is 0.267 e. The Morgan fingerprint density at radius 1 is 1.21 bits per heavy atom. The van der Waals surface area contributed by atoms with E-state index in [1.54, 1.807) is 0 Å². The van der Waals surface area contributed by atoms with Gasteiger partial charge in [0.05, 0.1) is 0 Å². The predicted molar refractivity (Wildman–Crippen MR) is 98.9 cm³/mol. The van der Waals surface area contributed by atoms with Gasteiger partial charge in [0.25, 0.3) is 5.91 Å². The van der Waals surface area contributed by atoms with Gasteiger partial charge in [0, 0.05) is 27.8 Å². The van der Waals surface area contributed by atoms with Gasteiger partial charge in [-0.3, -0.25) is 9.69 Å². The number of hydrogen-bond acceptors (Lipinski definition) is 2. The predicted octanol–water partition coefficient (Wildman–Crippen LogP) is 3.66. The molecule has 1 aromatic heterocycles. The van der Waals surface area contributed by atoms with E-state index in [1.807, 2.05) is 36.4 Å². The van der Waals surface area contributed by atoms with Crippen molar-refractivity contribution in [3.05, 3.63) is 46.6 Å². The minimum absolute atomic E-state index is 0.00102. The molecule has 5 rings (SSSR count). The number of piperidine rings is 3. The van der Waals surface area contributed by atoms with Crippen LogP contribution in [-0.2, 0) is 0 Å². The van der Waals surface area contributed by atoms with Crippen LogP contribution in [0.2, 0.25) is 0 Å². The van der Waals surface area contributed by atoms with Gasteiger partial charge in [-0.2, -0.15) is 0 Å². The smallest absolute Gasteiger partial charge is 0.267 e. The lowest BCUT2D eigenvalue weighted by molar-refractivity contribution is 0.0216. The molecule has 4 nitrogen and oxygen atoms in total. The van der Waals surface area contributed by atoms with Gasteiger partial charge in [-0.05, 0) is 57.0 Å². The highest BCUT2D eigenvalue weighted by molar-refractivity contribution is 9.10. The molecule has 3 saturated heterocycles. The third-order valence-electron chi connectivity index (χ3n) is 5.57. The Morgan fingerprint density at radius 2 is 1.96 bits per heavy atom. The summed E-state index contributed by atoms with van der Waals surface area (Å²) in [5.41, 5.74) is 2.65. The van der Waals surface area contributed by atoms with Crippen molar-refractivity contribution in [3.63, 3.8) is 0 Å². The van der Waals surface area contributed by atoms with Crippen LogP contribution in [0.5, 0.6) is 0 Å². The van der Waals surface area contributed by atoms with Crippen LogP contribution >= 0.6 is 15.9 Å². The van der Waals surface area contributed by atoms with E-state index in [2.05, 4.69) is 38.1 Å². The third kappa shape index (κ3) is 2.80. The molecule has 2 N–H and O–H groups in total. The number of fused-ring (bicyclic) bond motifs is 3. The highest BCUT2D eigenvalue weighted by atomic mass is 79.9. The molecule has 0 saturated carbocycles. The standard InChI is InChI=1S/C19H22BrN3O/c1-12-18(13-8-10-23(12)11-9-13)22-19(24)17-7-6-16(21-17)14-4-2-3-5-15(14)20/h2-7,12-13,18,21H,8-11H2,1H3,(H,22,24)/t12-,18-/m0/s1. The highest BCUT2D eigenvalue weighted by Gasteiger charge is 2.40. The van der Waals surface area contributed by atoms with Crippen molar-refractivity contribution in [1.29, 1.82) is 0 Å². The molecule has 3 aliphatic rings. The SMILES string of the molecule is C[C@H]1[C@H](NC(=O)c2ccc(-c3ccccc3Br)[nH]2)C2CCN1CC2. The van der Waals surface area contributed by atoms with Gasteiger partial charge < -0.3 is 10.3 Å². The van der Waals surface area contributed by atoms with Gasteiger partial charge in [-0.1, -0.05) is 34.1 Å². The second kappa shape index (κ2) is 6.37. The summed E-state index contributed by atoms with van der Waals surface area (Å²) in [4.78, 5) is 18.4. The van der Waals surface area contributed by atoms with Crippen molar-refractivity contribution >= 4 is 21.8 Å². The number of benzene rings is 1. The zero-order valence-electron chi connectivity index (χ0n) is 13.8. The topological polar surface area (TPSA) is 48.1 Å². The van der Waals surface area contributed by atoms with Crippen LogP contribution in [0.15, 0.2) is 40.9 Å². The average molecular weight is 388 g/mol. The average Bonchev–Trinajstić information content (AvgIpc) is 3.09. The van der Waals surface area contributed by atoms with Crippen LogP contribution in [0, 0.1) is 5.92 Å². The Balaban J connectivity index is 1.51. The van der Waals surface area contributed by atoms with Gasteiger partial charge in [0.1, 0.15) is 5.69 Å². The summed E-state index contributed by atoms with van der Waals surface area (Å²) in [6.07, 6.45) is 2.39. The van der Waals surface area contributed by atoms with E-state index in [0.717, 1.165) is 15.7 Å². The number of halogens is 1. The van der Waals surface area contributed by atoms with Crippen LogP contribution in [0.3, 0.4) is 0 Å². The number of nitrogens with one attached hydrogen (secondary N) is 2. The Morgan fingerprint density at radius 3 is 2.67 bits per heavy atom.